The van der Waals surface area contributed by atoms with Crippen LogP contribution in [-0.4, -0.2) is 12.5 Å². The van der Waals surface area contributed by atoms with Gasteiger partial charge < -0.3 is 4.74 Å². The van der Waals surface area contributed by atoms with Crippen LogP contribution in [0.1, 0.15) is 5.56 Å². The first-order chi connectivity index (χ1) is 6.83. The molecule has 1 aromatic rings. The molecule has 0 fully saturated rings. The summed E-state index contributed by atoms with van der Waals surface area (Å²) >= 11 is 0. The topological polar surface area (TPSA) is 67.4 Å². The Morgan fingerprint density at radius 3 is 2.71 bits per heavy atom. The molecule has 0 aliphatic rings. The highest BCUT2D eigenvalue weighted by Crippen LogP contribution is 1.99. The average molecular weight is 194 g/mol. The zero-order valence-electron chi connectivity index (χ0n) is 7.40. The number of hydrogen-bond donors (Lipinski definition) is 2. The molecule has 1 rings (SSSR count). The molecule has 0 aliphatic heterocycles. The Morgan fingerprint density at radius 1 is 1.36 bits per heavy atom. The van der Waals surface area contributed by atoms with Gasteiger partial charge in [-0.25, -0.2) is 10.2 Å². The predicted octanol–water partition coefficient (Wildman–Crippen LogP) is 0.574. The first-order valence-electron chi connectivity index (χ1n) is 3.99. The van der Waals surface area contributed by atoms with E-state index >= 15 is 0 Å². The summed E-state index contributed by atoms with van der Waals surface area (Å²) in [5, 5.41) is 0. The second-order valence-electron chi connectivity index (χ2n) is 2.45. The molecule has 0 spiro atoms. The molecular weight excluding hydrogens is 184 g/mol. The van der Waals surface area contributed by atoms with Gasteiger partial charge in [0.1, 0.15) is 6.61 Å². The van der Waals surface area contributed by atoms with Gasteiger partial charge in [-0.15, -0.1) is 0 Å². The van der Waals surface area contributed by atoms with Crippen molar-refractivity contribution in [3.63, 3.8) is 0 Å². The lowest BCUT2D eigenvalue weighted by atomic mass is 10.2. The van der Waals surface area contributed by atoms with Crippen LogP contribution in [0.25, 0.3) is 0 Å². The number of benzene rings is 1. The van der Waals surface area contributed by atoms with Crippen LogP contribution in [0.5, 0.6) is 0 Å². The summed E-state index contributed by atoms with van der Waals surface area (Å²) in [7, 11) is 0. The molecule has 5 nitrogen and oxygen atoms in total. The van der Waals surface area contributed by atoms with Crippen LogP contribution in [0.3, 0.4) is 0 Å². The molecule has 1 aromatic carbocycles. The number of ether oxygens (including phenoxy) is 1. The lowest BCUT2D eigenvalue weighted by molar-refractivity contribution is -0.110. The molecule has 0 saturated carbocycles. The minimum atomic E-state index is -0.694. The fraction of sp³-hybridized carbons (Fsp3) is 0.111. The average Bonchev–Trinajstić information content (AvgIpc) is 2.25. The van der Waals surface area contributed by atoms with Crippen molar-refractivity contribution < 1.29 is 14.3 Å². The van der Waals surface area contributed by atoms with Crippen molar-refractivity contribution in [1.29, 1.82) is 0 Å². The van der Waals surface area contributed by atoms with E-state index in [0.717, 1.165) is 5.56 Å². The van der Waals surface area contributed by atoms with Gasteiger partial charge in [-0.2, -0.15) is 0 Å². The minimum absolute atomic E-state index is 0.174. The molecule has 0 saturated heterocycles. The van der Waals surface area contributed by atoms with Crippen LogP contribution < -0.4 is 10.9 Å². The smallest absolute Gasteiger partial charge is 0.426 e. The van der Waals surface area contributed by atoms with E-state index in [-0.39, 0.29) is 6.61 Å². The number of hydrazine groups is 1. The van der Waals surface area contributed by atoms with Gasteiger partial charge in [-0.1, -0.05) is 30.3 Å². The largest absolute Gasteiger partial charge is 0.443 e. The number of carbonyl (C=O) groups is 2. The van der Waals surface area contributed by atoms with Crippen molar-refractivity contribution >= 4 is 12.5 Å². The van der Waals surface area contributed by atoms with Crippen LogP contribution in [-0.2, 0) is 16.1 Å². The Labute approximate surface area is 81.0 Å². The summed E-state index contributed by atoms with van der Waals surface area (Å²) in [5.41, 5.74) is 4.89. The third-order valence-corrected chi connectivity index (χ3v) is 1.45. The number of nitrogens with one attached hydrogen (secondary N) is 2. The van der Waals surface area contributed by atoms with Gasteiger partial charge in [0.25, 0.3) is 0 Å². The van der Waals surface area contributed by atoms with Crippen molar-refractivity contribution in [1.82, 2.24) is 10.9 Å². The molecule has 0 radical (unpaired) electrons. The fourth-order valence-electron chi connectivity index (χ4n) is 0.848. The third-order valence-electron chi connectivity index (χ3n) is 1.45. The quantitative estimate of drug-likeness (QED) is 0.544. The molecule has 74 valence electrons. The molecule has 14 heavy (non-hydrogen) atoms. The van der Waals surface area contributed by atoms with Gasteiger partial charge in [-0.05, 0) is 5.56 Å². The van der Waals surface area contributed by atoms with E-state index in [4.69, 9.17) is 4.74 Å². The minimum Gasteiger partial charge on any atom is -0.443 e. The van der Waals surface area contributed by atoms with Gasteiger partial charge in [0.2, 0.25) is 6.41 Å². The summed E-state index contributed by atoms with van der Waals surface area (Å²) in [4.78, 5) is 20.6. The predicted molar refractivity (Wildman–Crippen MR) is 49.0 cm³/mol. The third kappa shape index (κ3) is 3.57. The van der Waals surface area contributed by atoms with Gasteiger partial charge in [0, 0.05) is 0 Å². The Balaban J connectivity index is 2.27. The van der Waals surface area contributed by atoms with Gasteiger partial charge in [0.15, 0.2) is 0 Å². The second-order valence-corrected chi connectivity index (χ2v) is 2.45. The van der Waals surface area contributed by atoms with E-state index < -0.39 is 6.09 Å². The summed E-state index contributed by atoms with van der Waals surface area (Å²) in [6, 6.07) is 9.24. The molecule has 0 unspecified atom stereocenters. The highest BCUT2D eigenvalue weighted by molar-refractivity contribution is 5.68. The molecule has 0 heterocycles. The van der Waals surface area contributed by atoms with Crippen molar-refractivity contribution in [3.8, 4) is 0 Å². The standard InChI is InChI=1S/C9H10N2O3/c12-7-10-11-9(13)14-6-8-4-2-1-3-5-8/h1-5,7H,6H2,(H,10,12)(H,11,13). The molecule has 2 N–H and O–H groups in total. The Morgan fingerprint density at radius 2 is 2.07 bits per heavy atom. The molecule has 0 bridgehead atoms. The lowest BCUT2D eigenvalue weighted by Crippen LogP contribution is -2.36. The SMILES string of the molecule is O=CNNC(=O)OCc1ccccc1. The first-order valence-corrected chi connectivity index (χ1v) is 3.99. The molecule has 2 amide bonds. The number of hydrogen-bond acceptors (Lipinski definition) is 3. The highest BCUT2D eigenvalue weighted by atomic mass is 16.6. The van der Waals surface area contributed by atoms with E-state index in [1.54, 1.807) is 0 Å². The monoisotopic (exact) mass is 194 g/mol. The Kier molecular flexibility index (Phi) is 4.00. The van der Waals surface area contributed by atoms with E-state index in [1.807, 2.05) is 41.2 Å². The number of carbonyl (C=O) groups excluding carboxylic acids is 2. The summed E-state index contributed by atoms with van der Waals surface area (Å²) < 4.78 is 4.76. The van der Waals surface area contributed by atoms with E-state index in [0.29, 0.717) is 6.41 Å². The Hall–Kier alpha value is -2.04. The maximum absolute atomic E-state index is 10.8. The fourth-order valence-corrected chi connectivity index (χ4v) is 0.848. The Bertz CT molecular complexity index is 300. The van der Waals surface area contributed by atoms with Gasteiger partial charge in [-0.3, -0.25) is 10.2 Å². The van der Waals surface area contributed by atoms with E-state index in [9.17, 15) is 9.59 Å². The van der Waals surface area contributed by atoms with E-state index in [1.165, 1.54) is 0 Å². The van der Waals surface area contributed by atoms with Crippen molar-refractivity contribution in [2.45, 2.75) is 6.61 Å². The molecule has 0 atom stereocenters. The summed E-state index contributed by atoms with van der Waals surface area (Å²) in [6.07, 6.45) is -0.343. The number of rotatable bonds is 4. The van der Waals surface area contributed by atoms with Crippen LogP contribution in [0, 0.1) is 0 Å². The molecule has 5 heteroatoms. The zero-order valence-corrected chi connectivity index (χ0v) is 7.40. The van der Waals surface area contributed by atoms with Gasteiger partial charge >= 0.3 is 6.09 Å². The van der Waals surface area contributed by atoms with Crippen LogP contribution in [0.2, 0.25) is 0 Å². The van der Waals surface area contributed by atoms with Crippen molar-refractivity contribution in [2.24, 2.45) is 0 Å². The molecule has 0 aliphatic carbocycles. The first kappa shape index (κ1) is 10.0. The van der Waals surface area contributed by atoms with Crippen molar-refractivity contribution in [2.75, 3.05) is 0 Å². The highest BCUT2D eigenvalue weighted by Gasteiger charge is 1.99. The van der Waals surface area contributed by atoms with Crippen LogP contribution >= 0.6 is 0 Å². The van der Waals surface area contributed by atoms with Crippen LogP contribution in [0.15, 0.2) is 30.3 Å². The zero-order chi connectivity index (χ0) is 10.2. The number of amides is 2. The van der Waals surface area contributed by atoms with Crippen LogP contribution in [0.4, 0.5) is 4.79 Å². The van der Waals surface area contributed by atoms with Gasteiger partial charge in [0.05, 0.1) is 0 Å². The lowest BCUT2D eigenvalue weighted by Gasteiger charge is -2.04. The summed E-state index contributed by atoms with van der Waals surface area (Å²) in [6.45, 7) is 0.174. The second kappa shape index (κ2) is 5.58. The van der Waals surface area contributed by atoms with Crippen molar-refractivity contribution in [3.05, 3.63) is 35.9 Å². The maximum Gasteiger partial charge on any atom is 0.426 e. The summed E-state index contributed by atoms with van der Waals surface area (Å²) in [5.74, 6) is 0. The van der Waals surface area contributed by atoms with E-state index in [2.05, 4.69) is 0 Å². The molecular formula is C9H10N2O3. The molecule has 0 aromatic heterocycles. The maximum atomic E-state index is 10.8. The normalized spacial score (nSPS) is 8.86.